The number of likely N-dealkylation sites (N-methyl/N-ethyl adjacent to an activating group) is 1. The molecule has 1 saturated heterocycles. The van der Waals surface area contributed by atoms with Gasteiger partial charge in [-0.1, -0.05) is 6.07 Å². The molecule has 0 radical (unpaired) electrons. The second-order valence-electron chi connectivity index (χ2n) is 8.26. The molecule has 1 aliphatic heterocycles. The molecule has 1 aliphatic rings. The summed E-state index contributed by atoms with van der Waals surface area (Å²) in [6, 6.07) is 17.5. The van der Waals surface area contributed by atoms with Crippen LogP contribution >= 0.6 is 11.3 Å². The van der Waals surface area contributed by atoms with Crippen molar-refractivity contribution in [2.24, 2.45) is 0 Å². The van der Waals surface area contributed by atoms with E-state index in [9.17, 15) is 4.79 Å². The molecule has 34 heavy (non-hydrogen) atoms. The van der Waals surface area contributed by atoms with Crippen LogP contribution < -0.4 is 20.3 Å². The molecule has 9 heteroatoms. The van der Waals surface area contributed by atoms with E-state index in [-0.39, 0.29) is 5.91 Å². The van der Waals surface area contributed by atoms with Crippen LogP contribution in [-0.2, 0) is 4.79 Å². The average Bonchev–Trinajstić information content (AvgIpc) is 3.29. The lowest BCUT2D eigenvalue weighted by molar-refractivity contribution is -0.114. The highest BCUT2D eigenvalue weighted by Gasteiger charge is 2.15. The molecule has 2 aromatic carbocycles. The van der Waals surface area contributed by atoms with Gasteiger partial charge in [0.05, 0.1) is 5.52 Å². The summed E-state index contributed by atoms with van der Waals surface area (Å²) in [5, 5.41) is 8.04. The van der Waals surface area contributed by atoms with Crippen LogP contribution in [0.15, 0.2) is 60.0 Å². The van der Waals surface area contributed by atoms with E-state index in [0.717, 1.165) is 42.1 Å². The van der Waals surface area contributed by atoms with Gasteiger partial charge in [0.15, 0.2) is 0 Å². The molecule has 0 unspecified atom stereocenters. The number of nitrogens with zero attached hydrogens (tertiary/aromatic N) is 4. The number of piperazine rings is 1. The first-order valence-corrected chi connectivity index (χ1v) is 12.0. The van der Waals surface area contributed by atoms with Crippen molar-refractivity contribution in [2.75, 3.05) is 48.8 Å². The van der Waals surface area contributed by atoms with Crippen molar-refractivity contribution in [3.8, 4) is 11.6 Å². The first-order valence-electron chi connectivity index (χ1n) is 11.1. The summed E-state index contributed by atoms with van der Waals surface area (Å²) in [5.41, 5.74) is 3.60. The number of amides is 1. The Hall–Kier alpha value is -3.69. The molecule has 0 spiro atoms. The summed E-state index contributed by atoms with van der Waals surface area (Å²) in [7, 11) is 2.16. The minimum absolute atomic E-state index is 0.134. The number of hydrogen-bond acceptors (Lipinski definition) is 8. The number of nitrogens with one attached hydrogen (secondary N) is 2. The van der Waals surface area contributed by atoms with Gasteiger partial charge < -0.3 is 25.2 Å². The molecule has 2 aromatic heterocycles. The second-order valence-corrected chi connectivity index (χ2v) is 9.18. The van der Waals surface area contributed by atoms with Gasteiger partial charge in [0.25, 0.3) is 0 Å². The lowest BCUT2D eigenvalue weighted by Gasteiger charge is -2.34. The number of carbonyl (C=O) groups is 1. The molecule has 5 rings (SSSR count). The summed E-state index contributed by atoms with van der Waals surface area (Å²) < 4.78 is 6.98. The topological polar surface area (TPSA) is 82.6 Å². The SMILES string of the molecule is CC(=O)Nc1cccc(Oc2nc(Nc3ccc(N4CCN(C)CC4)cc3)nc3ccsc23)c1. The molecule has 0 saturated carbocycles. The molecule has 0 aliphatic carbocycles. The quantitative estimate of drug-likeness (QED) is 0.410. The van der Waals surface area contributed by atoms with Gasteiger partial charge in [0, 0.05) is 56.2 Å². The normalized spacial score (nSPS) is 14.2. The van der Waals surface area contributed by atoms with E-state index in [4.69, 9.17) is 4.74 Å². The third-order valence-electron chi connectivity index (χ3n) is 5.63. The summed E-state index contributed by atoms with van der Waals surface area (Å²) in [6.45, 7) is 5.69. The number of ether oxygens (including phenoxy) is 1. The predicted molar refractivity (Wildman–Crippen MR) is 138 cm³/mol. The van der Waals surface area contributed by atoms with Crippen molar-refractivity contribution in [3.63, 3.8) is 0 Å². The van der Waals surface area contributed by atoms with Crippen LogP contribution in [0.2, 0.25) is 0 Å². The molecule has 3 heterocycles. The minimum atomic E-state index is -0.134. The summed E-state index contributed by atoms with van der Waals surface area (Å²) in [4.78, 5) is 25.4. The van der Waals surface area contributed by atoms with Crippen molar-refractivity contribution < 1.29 is 9.53 Å². The number of hydrogen-bond donors (Lipinski definition) is 2. The smallest absolute Gasteiger partial charge is 0.242 e. The van der Waals surface area contributed by atoms with E-state index in [1.54, 1.807) is 6.07 Å². The Bertz CT molecular complexity index is 1300. The van der Waals surface area contributed by atoms with Crippen molar-refractivity contribution in [1.29, 1.82) is 0 Å². The average molecular weight is 475 g/mol. The zero-order chi connectivity index (χ0) is 23.5. The van der Waals surface area contributed by atoms with Crippen LogP contribution in [0.5, 0.6) is 11.6 Å². The number of carbonyl (C=O) groups excluding carboxylic acids is 1. The number of rotatable bonds is 6. The van der Waals surface area contributed by atoms with Crippen LogP contribution in [-0.4, -0.2) is 54.0 Å². The summed E-state index contributed by atoms with van der Waals surface area (Å²) >= 11 is 1.52. The summed E-state index contributed by atoms with van der Waals surface area (Å²) in [6.07, 6.45) is 0. The Balaban J connectivity index is 1.35. The van der Waals surface area contributed by atoms with Gasteiger partial charge in [-0.2, -0.15) is 4.98 Å². The molecule has 0 bridgehead atoms. The molecule has 8 nitrogen and oxygen atoms in total. The van der Waals surface area contributed by atoms with Crippen LogP contribution in [0.3, 0.4) is 0 Å². The third-order valence-corrected chi connectivity index (χ3v) is 6.52. The maximum absolute atomic E-state index is 11.4. The Kier molecular flexibility index (Phi) is 6.29. The van der Waals surface area contributed by atoms with Crippen molar-refractivity contribution in [3.05, 3.63) is 60.0 Å². The first kappa shape index (κ1) is 22.1. The maximum Gasteiger partial charge on any atom is 0.242 e. The van der Waals surface area contributed by atoms with Gasteiger partial charge in [-0.05, 0) is 54.9 Å². The zero-order valence-corrected chi connectivity index (χ0v) is 19.9. The van der Waals surface area contributed by atoms with Crippen LogP contribution in [0.4, 0.5) is 23.0 Å². The Morgan fingerprint density at radius 1 is 1.00 bits per heavy atom. The van der Waals surface area contributed by atoms with Crippen LogP contribution in [0.25, 0.3) is 10.2 Å². The fourth-order valence-corrected chi connectivity index (χ4v) is 4.62. The molecular weight excluding hydrogens is 448 g/mol. The van der Waals surface area contributed by atoms with E-state index < -0.39 is 0 Å². The van der Waals surface area contributed by atoms with Crippen molar-refractivity contribution >= 4 is 50.5 Å². The number of fused-ring (bicyclic) bond motifs is 1. The lowest BCUT2D eigenvalue weighted by Crippen LogP contribution is -2.44. The standard InChI is InChI=1S/C25H26N6O2S/c1-17(32)26-19-4-3-5-21(16-19)33-24-23-22(10-15-34-23)28-25(29-24)27-18-6-8-20(9-7-18)31-13-11-30(2)12-14-31/h3-10,15-16H,11-14H2,1-2H3,(H,26,32)(H,27,28,29). The molecule has 2 N–H and O–H groups in total. The fourth-order valence-electron chi connectivity index (χ4n) is 3.86. The van der Waals surface area contributed by atoms with E-state index in [1.807, 2.05) is 41.8 Å². The van der Waals surface area contributed by atoms with Gasteiger partial charge in [0.1, 0.15) is 10.4 Å². The largest absolute Gasteiger partial charge is 0.437 e. The molecule has 1 fully saturated rings. The van der Waals surface area contributed by atoms with Crippen LogP contribution in [0, 0.1) is 0 Å². The van der Waals surface area contributed by atoms with E-state index >= 15 is 0 Å². The van der Waals surface area contributed by atoms with Crippen molar-refractivity contribution in [1.82, 2.24) is 14.9 Å². The molecule has 0 atom stereocenters. The van der Waals surface area contributed by atoms with Gasteiger partial charge in [-0.25, -0.2) is 4.98 Å². The lowest BCUT2D eigenvalue weighted by atomic mass is 10.2. The number of anilines is 4. The third kappa shape index (κ3) is 5.11. The highest BCUT2D eigenvalue weighted by molar-refractivity contribution is 7.17. The van der Waals surface area contributed by atoms with Gasteiger partial charge in [-0.15, -0.1) is 11.3 Å². The number of benzene rings is 2. The van der Waals surface area contributed by atoms with E-state index in [1.165, 1.54) is 23.9 Å². The monoisotopic (exact) mass is 474 g/mol. The highest BCUT2D eigenvalue weighted by atomic mass is 32.1. The minimum Gasteiger partial charge on any atom is -0.437 e. The fraction of sp³-hybridized carbons (Fsp3) is 0.240. The first-order chi connectivity index (χ1) is 16.5. The predicted octanol–water partition coefficient (Wildman–Crippen LogP) is 4.94. The Morgan fingerprint density at radius 3 is 2.56 bits per heavy atom. The maximum atomic E-state index is 11.4. The van der Waals surface area contributed by atoms with Crippen LogP contribution in [0.1, 0.15) is 6.92 Å². The molecule has 174 valence electrons. The van der Waals surface area contributed by atoms with Gasteiger partial charge >= 0.3 is 0 Å². The van der Waals surface area contributed by atoms with E-state index in [2.05, 4.69) is 49.6 Å². The summed E-state index contributed by atoms with van der Waals surface area (Å²) in [5.74, 6) is 1.38. The number of aromatic nitrogens is 2. The highest BCUT2D eigenvalue weighted by Crippen LogP contribution is 2.34. The van der Waals surface area contributed by atoms with Crippen molar-refractivity contribution in [2.45, 2.75) is 6.92 Å². The van der Waals surface area contributed by atoms with Gasteiger partial charge in [-0.3, -0.25) is 4.79 Å². The Labute approximate surface area is 202 Å². The second kappa shape index (κ2) is 9.66. The van der Waals surface area contributed by atoms with E-state index in [0.29, 0.717) is 23.3 Å². The Morgan fingerprint density at radius 2 is 1.79 bits per heavy atom. The van der Waals surface area contributed by atoms with Gasteiger partial charge in [0.2, 0.25) is 17.7 Å². The zero-order valence-electron chi connectivity index (χ0n) is 19.1. The molecule has 4 aromatic rings. The molecule has 1 amide bonds. The number of thiophene rings is 1. The molecular formula is C25H26N6O2S.